The van der Waals surface area contributed by atoms with Gasteiger partial charge in [-0.1, -0.05) is 0 Å². The van der Waals surface area contributed by atoms with Crippen LogP contribution in [0.4, 0.5) is 8.78 Å². The predicted molar refractivity (Wildman–Crippen MR) is 63.1 cm³/mol. The van der Waals surface area contributed by atoms with Gasteiger partial charge in [-0.3, -0.25) is 4.79 Å². The Labute approximate surface area is 108 Å². The summed E-state index contributed by atoms with van der Waals surface area (Å²) in [6.07, 6.45) is 4.96. The molecule has 4 nitrogen and oxygen atoms in total. The van der Waals surface area contributed by atoms with Gasteiger partial charge in [-0.25, -0.2) is 13.6 Å². The van der Waals surface area contributed by atoms with Crippen LogP contribution in [0.3, 0.4) is 0 Å². The summed E-state index contributed by atoms with van der Waals surface area (Å²) in [5.74, 6) is -1.25. The van der Waals surface area contributed by atoms with Crippen LogP contribution in [0, 0.1) is 24.0 Å². The van der Waals surface area contributed by atoms with Crippen molar-refractivity contribution in [2.45, 2.75) is 12.5 Å². The van der Waals surface area contributed by atoms with Gasteiger partial charge in [0, 0.05) is 12.5 Å². The lowest BCUT2D eigenvalue weighted by Gasteiger charge is -2.14. The Bertz CT molecular complexity index is 537. The first kappa shape index (κ1) is 14.6. The lowest BCUT2D eigenvalue weighted by atomic mass is 10.1. The second kappa shape index (κ2) is 6.50. The number of halogens is 2. The van der Waals surface area contributed by atoms with Crippen LogP contribution >= 0.6 is 0 Å². The van der Waals surface area contributed by atoms with E-state index in [2.05, 4.69) is 16.0 Å². The van der Waals surface area contributed by atoms with Crippen LogP contribution in [0.2, 0.25) is 0 Å². The van der Waals surface area contributed by atoms with Crippen LogP contribution in [0.25, 0.3) is 0 Å². The van der Waals surface area contributed by atoms with E-state index >= 15 is 0 Å². The van der Waals surface area contributed by atoms with E-state index in [1.54, 1.807) is 0 Å². The van der Waals surface area contributed by atoms with E-state index in [0.717, 1.165) is 19.2 Å². The second-order valence-electron chi connectivity index (χ2n) is 3.58. The molecule has 0 unspecified atom stereocenters. The first-order valence-electron chi connectivity index (χ1n) is 5.26. The number of benzene rings is 1. The summed E-state index contributed by atoms with van der Waals surface area (Å²) in [4.78, 5) is 23.1. The molecule has 0 heterocycles. The summed E-state index contributed by atoms with van der Waals surface area (Å²) < 4.78 is 30.5. The van der Waals surface area contributed by atoms with Crippen LogP contribution in [0.5, 0.6) is 0 Å². The molecule has 0 aliphatic heterocycles. The van der Waals surface area contributed by atoms with Crippen molar-refractivity contribution in [3.8, 4) is 12.3 Å². The highest BCUT2D eigenvalue weighted by Crippen LogP contribution is 2.10. The molecule has 1 rings (SSSR count). The van der Waals surface area contributed by atoms with Crippen LogP contribution in [0.15, 0.2) is 18.2 Å². The molecule has 0 saturated heterocycles. The topological polar surface area (TPSA) is 55.4 Å². The lowest BCUT2D eigenvalue weighted by molar-refractivity contribution is -0.142. The van der Waals surface area contributed by atoms with Crippen molar-refractivity contribution in [3.63, 3.8) is 0 Å². The molecule has 1 aromatic carbocycles. The first-order chi connectivity index (χ1) is 8.99. The van der Waals surface area contributed by atoms with E-state index in [0.29, 0.717) is 6.07 Å². The Morgan fingerprint density at radius 2 is 2.16 bits per heavy atom. The van der Waals surface area contributed by atoms with Gasteiger partial charge < -0.3 is 10.1 Å². The molecule has 0 bridgehead atoms. The van der Waals surface area contributed by atoms with Gasteiger partial charge in [-0.05, 0) is 12.1 Å². The van der Waals surface area contributed by atoms with E-state index in [1.165, 1.54) is 0 Å². The van der Waals surface area contributed by atoms with E-state index in [1.807, 2.05) is 0 Å². The maximum Gasteiger partial charge on any atom is 0.329 e. The third kappa shape index (κ3) is 3.78. The number of rotatable bonds is 4. The molecule has 0 aromatic heterocycles. The second-order valence-corrected chi connectivity index (χ2v) is 3.58. The fraction of sp³-hybridized carbons (Fsp3) is 0.231. The van der Waals surface area contributed by atoms with Gasteiger partial charge in [0.2, 0.25) is 0 Å². The minimum absolute atomic E-state index is 0.0960. The number of amides is 1. The predicted octanol–water partition coefficient (Wildman–Crippen LogP) is 1.26. The molecule has 0 aliphatic rings. The van der Waals surface area contributed by atoms with Gasteiger partial charge in [-0.2, -0.15) is 0 Å². The number of terminal acetylenes is 1. The smallest absolute Gasteiger partial charge is 0.329 e. The SMILES string of the molecule is C#CC[C@@H](NC(=O)c1ccc(F)cc1F)C(=O)OC. The van der Waals surface area contributed by atoms with Crippen LogP contribution in [0.1, 0.15) is 16.8 Å². The van der Waals surface area contributed by atoms with E-state index in [-0.39, 0.29) is 12.0 Å². The highest BCUT2D eigenvalue weighted by molar-refractivity contribution is 5.97. The Hall–Kier alpha value is -2.42. The fourth-order valence-electron chi connectivity index (χ4n) is 1.36. The summed E-state index contributed by atoms with van der Waals surface area (Å²) in [7, 11) is 1.14. The van der Waals surface area contributed by atoms with Crippen molar-refractivity contribution in [2.75, 3.05) is 7.11 Å². The third-order valence-electron chi connectivity index (χ3n) is 2.29. The molecule has 6 heteroatoms. The molecular formula is C13H11F2NO3. The number of carbonyl (C=O) groups is 2. The molecule has 0 fully saturated rings. The van der Waals surface area contributed by atoms with Crippen molar-refractivity contribution in [3.05, 3.63) is 35.4 Å². The zero-order valence-electron chi connectivity index (χ0n) is 10.1. The normalized spacial score (nSPS) is 11.3. The van der Waals surface area contributed by atoms with Gasteiger partial charge in [0.05, 0.1) is 12.7 Å². The van der Waals surface area contributed by atoms with E-state index in [4.69, 9.17) is 6.42 Å². The number of nitrogens with one attached hydrogen (secondary N) is 1. The summed E-state index contributed by atoms with van der Waals surface area (Å²) >= 11 is 0. The van der Waals surface area contributed by atoms with Gasteiger partial charge in [0.1, 0.15) is 17.7 Å². The molecule has 1 aromatic rings. The Balaban J connectivity index is 2.88. The number of methoxy groups -OCH3 is 1. The molecule has 1 atom stereocenters. The Kier molecular flexibility index (Phi) is 5.01. The molecule has 0 saturated carbocycles. The Morgan fingerprint density at radius 3 is 2.68 bits per heavy atom. The fourth-order valence-corrected chi connectivity index (χ4v) is 1.36. The van der Waals surface area contributed by atoms with Crippen molar-refractivity contribution in [2.24, 2.45) is 0 Å². The minimum Gasteiger partial charge on any atom is -0.467 e. The number of hydrogen-bond acceptors (Lipinski definition) is 3. The molecule has 0 radical (unpaired) electrons. The molecule has 0 spiro atoms. The maximum absolute atomic E-state index is 13.4. The zero-order valence-corrected chi connectivity index (χ0v) is 10.1. The maximum atomic E-state index is 13.4. The molecule has 19 heavy (non-hydrogen) atoms. The largest absolute Gasteiger partial charge is 0.467 e. The number of ether oxygens (including phenoxy) is 1. The van der Waals surface area contributed by atoms with Gasteiger partial charge in [0.15, 0.2) is 0 Å². The minimum atomic E-state index is -1.08. The van der Waals surface area contributed by atoms with Crippen molar-refractivity contribution in [1.29, 1.82) is 0 Å². The monoisotopic (exact) mass is 267 g/mol. The molecular weight excluding hydrogens is 256 g/mol. The van der Waals surface area contributed by atoms with Crippen molar-refractivity contribution >= 4 is 11.9 Å². The number of hydrogen-bond donors (Lipinski definition) is 1. The summed E-state index contributed by atoms with van der Waals surface area (Å²) in [5, 5.41) is 2.23. The van der Waals surface area contributed by atoms with E-state index < -0.39 is 29.6 Å². The number of esters is 1. The number of carbonyl (C=O) groups excluding carboxylic acids is 2. The molecule has 0 aliphatic carbocycles. The Morgan fingerprint density at radius 1 is 1.47 bits per heavy atom. The highest BCUT2D eigenvalue weighted by atomic mass is 19.1. The van der Waals surface area contributed by atoms with Crippen LogP contribution in [-0.2, 0) is 9.53 Å². The quantitative estimate of drug-likeness (QED) is 0.660. The van der Waals surface area contributed by atoms with Crippen LogP contribution < -0.4 is 5.32 Å². The highest BCUT2D eigenvalue weighted by Gasteiger charge is 2.22. The summed E-state index contributed by atoms with van der Waals surface area (Å²) in [5.41, 5.74) is -0.382. The molecule has 100 valence electrons. The first-order valence-corrected chi connectivity index (χ1v) is 5.26. The van der Waals surface area contributed by atoms with E-state index in [9.17, 15) is 18.4 Å². The van der Waals surface area contributed by atoms with Gasteiger partial charge >= 0.3 is 5.97 Å². The van der Waals surface area contributed by atoms with Crippen molar-refractivity contribution in [1.82, 2.24) is 5.32 Å². The zero-order chi connectivity index (χ0) is 14.4. The summed E-state index contributed by atoms with van der Waals surface area (Å²) in [6, 6.07) is 1.41. The van der Waals surface area contributed by atoms with Gasteiger partial charge in [0.25, 0.3) is 5.91 Å². The third-order valence-corrected chi connectivity index (χ3v) is 2.29. The average Bonchev–Trinajstić information content (AvgIpc) is 2.37. The van der Waals surface area contributed by atoms with Crippen LogP contribution in [-0.4, -0.2) is 25.0 Å². The standard InChI is InChI=1S/C13H11F2NO3/c1-3-4-11(13(18)19-2)16-12(17)9-6-5-8(14)7-10(9)15/h1,5-7,11H,4H2,2H3,(H,16,17)/t11-/m1/s1. The summed E-state index contributed by atoms with van der Waals surface area (Å²) in [6.45, 7) is 0. The lowest BCUT2D eigenvalue weighted by Crippen LogP contribution is -2.41. The average molecular weight is 267 g/mol. The molecule has 1 amide bonds. The van der Waals surface area contributed by atoms with Gasteiger partial charge in [-0.15, -0.1) is 12.3 Å². The van der Waals surface area contributed by atoms with Crippen molar-refractivity contribution < 1.29 is 23.1 Å². The molecule has 1 N–H and O–H groups in total.